The van der Waals surface area contributed by atoms with E-state index in [1.54, 1.807) is 17.1 Å². The van der Waals surface area contributed by atoms with Gasteiger partial charge in [0, 0.05) is 18.3 Å². The average molecular weight is 359 g/mol. The number of nitriles is 1. The molecule has 0 spiro atoms. The maximum absolute atomic E-state index is 12.5. The zero-order chi connectivity index (χ0) is 17.4. The van der Waals surface area contributed by atoms with Crippen LogP contribution in [0, 0.1) is 11.3 Å². The van der Waals surface area contributed by atoms with Gasteiger partial charge in [-0.15, -0.1) is 5.10 Å². The van der Waals surface area contributed by atoms with Crippen molar-refractivity contribution in [3.8, 4) is 6.07 Å². The van der Waals surface area contributed by atoms with E-state index in [1.165, 1.54) is 6.20 Å². The minimum Gasteiger partial charge on any atom is -0.366 e. The molecule has 2 aromatic heterocycles. The lowest BCUT2D eigenvalue weighted by molar-refractivity contribution is -0.127. The van der Waals surface area contributed by atoms with Crippen LogP contribution in [0.1, 0.15) is 31.5 Å². The molecule has 25 heavy (non-hydrogen) atoms. The Hall–Kier alpha value is -2.73. The van der Waals surface area contributed by atoms with Crippen molar-refractivity contribution in [2.24, 2.45) is 0 Å². The fourth-order valence-corrected chi connectivity index (χ4v) is 3.15. The van der Waals surface area contributed by atoms with Gasteiger partial charge in [0.15, 0.2) is 0 Å². The van der Waals surface area contributed by atoms with Gasteiger partial charge < -0.3 is 10.6 Å². The zero-order valence-electron chi connectivity index (χ0n) is 13.2. The summed E-state index contributed by atoms with van der Waals surface area (Å²) in [5.41, 5.74) is -0.563. The fraction of sp³-hybridized carbons (Fsp3) is 0.467. The Bertz CT molecular complexity index is 836. The van der Waals surface area contributed by atoms with Crippen molar-refractivity contribution in [2.75, 3.05) is 5.32 Å². The maximum Gasteiger partial charge on any atom is 0.248 e. The lowest BCUT2D eigenvalue weighted by atomic mass is 9.86. The number of carbonyl (C=O) groups excluding carboxylic acids is 1. The zero-order valence-corrected chi connectivity index (χ0v) is 13.9. The number of rotatable bonds is 5. The van der Waals surface area contributed by atoms with Gasteiger partial charge in [-0.25, -0.2) is 14.6 Å². The van der Waals surface area contributed by atoms with Crippen molar-refractivity contribution in [2.45, 2.75) is 43.3 Å². The van der Waals surface area contributed by atoms with Crippen molar-refractivity contribution in [3.63, 3.8) is 0 Å². The summed E-state index contributed by atoms with van der Waals surface area (Å²) in [6, 6.07) is 2.13. The lowest BCUT2D eigenvalue weighted by Crippen LogP contribution is -2.53. The van der Waals surface area contributed by atoms with E-state index in [0.717, 1.165) is 25.7 Å². The first-order valence-electron chi connectivity index (χ1n) is 7.98. The number of halogens is 1. The van der Waals surface area contributed by atoms with E-state index in [1.807, 2.05) is 6.07 Å². The number of carbonyl (C=O) groups is 1. The number of nitrogens with one attached hydrogen (secondary N) is 2. The summed E-state index contributed by atoms with van der Waals surface area (Å²) >= 11 is 6.04. The van der Waals surface area contributed by atoms with Crippen molar-refractivity contribution < 1.29 is 4.79 Å². The maximum atomic E-state index is 12.5. The molecule has 10 heteroatoms. The number of nitrogens with zero attached hydrogens (tertiary/aromatic N) is 6. The number of hydrogen-bond donors (Lipinski definition) is 2. The van der Waals surface area contributed by atoms with Gasteiger partial charge in [0.25, 0.3) is 0 Å². The van der Waals surface area contributed by atoms with Crippen LogP contribution in [-0.4, -0.2) is 43.0 Å². The molecule has 0 saturated heterocycles. The summed E-state index contributed by atoms with van der Waals surface area (Å²) in [6.07, 6.45) is 7.80. The Labute approximate surface area is 148 Å². The molecule has 9 nitrogen and oxygen atoms in total. The first-order valence-corrected chi connectivity index (χ1v) is 8.35. The fourth-order valence-electron chi connectivity index (χ4n) is 3.00. The smallest absolute Gasteiger partial charge is 0.248 e. The van der Waals surface area contributed by atoms with Gasteiger partial charge in [0.05, 0.1) is 12.4 Å². The second-order valence-corrected chi connectivity index (χ2v) is 6.77. The number of amides is 1. The van der Waals surface area contributed by atoms with Crippen LogP contribution < -0.4 is 10.6 Å². The molecule has 0 bridgehead atoms. The Morgan fingerprint density at radius 2 is 2.20 bits per heavy atom. The molecule has 2 fully saturated rings. The van der Waals surface area contributed by atoms with E-state index in [2.05, 4.69) is 30.9 Å². The Morgan fingerprint density at radius 1 is 1.40 bits per heavy atom. The van der Waals surface area contributed by atoms with Crippen LogP contribution in [0.5, 0.6) is 0 Å². The molecule has 128 valence electrons. The predicted molar refractivity (Wildman–Crippen MR) is 87.6 cm³/mol. The summed E-state index contributed by atoms with van der Waals surface area (Å²) in [7, 11) is 0. The molecule has 0 radical (unpaired) electrons. The Kier molecular flexibility index (Phi) is 3.77. The third-order valence-electron chi connectivity index (χ3n) is 4.67. The molecule has 0 atom stereocenters. The molecule has 2 saturated carbocycles. The molecule has 2 aromatic rings. The summed E-state index contributed by atoms with van der Waals surface area (Å²) in [6.45, 7) is 0. The minimum absolute atomic E-state index is 0.00622. The quantitative estimate of drug-likeness (QED) is 0.812. The Balaban J connectivity index is 1.31. The van der Waals surface area contributed by atoms with Gasteiger partial charge in [0.1, 0.15) is 22.4 Å². The highest BCUT2D eigenvalue weighted by atomic mass is 35.5. The van der Waals surface area contributed by atoms with E-state index in [4.69, 9.17) is 16.9 Å². The largest absolute Gasteiger partial charge is 0.366 e. The molecule has 0 unspecified atom stereocenters. The second kappa shape index (κ2) is 5.97. The molecule has 2 N–H and O–H groups in total. The highest BCUT2D eigenvalue weighted by Crippen LogP contribution is 2.43. The first-order chi connectivity index (χ1) is 12.1. The first kappa shape index (κ1) is 15.8. The third-order valence-corrected chi connectivity index (χ3v) is 4.94. The minimum atomic E-state index is -0.563. The van der Waals surface area contributed by atoms with Crippen molar-refractivity contribution in [3.05, 3.63) is 29.4 Å². The normalized spacial score (nSPS) is 23.2. The highest BCUT2D eigenvalue weighted by Gasteiger charge is 2.53. The lowest BCUT2D eigenvalue weighted by Gasteiger charge is -2.37. The van der Waals surface area contributed by atoms with E-state index >= 15 is 0 Å². The van der Waals surface area contributed by atoms with Crippen LogP contribution in [0.2, 0.25) is 5.02 Å². The number of hydrogen-bond acceptors (Lipinski definition) is 7. The van der Waals surface area contributed by atoms with Crippen LogP contribution in [-0.2, 0) is 10.3 Å². The van der Waals surface area contributed by atoms with E-state index in [0.29, 0.717) is 10.8 Å². The van der Waals surface area contributed by atoms with E-state index in [9.17, 15) is 4.79 Å². The topological polar surface area (TPSA) is 121 Å². The molecular formula is C15H15ClN8O. The van der Waals surface area contributed by atoms with Gasteiger partial charge in [-0.1, -0.05) is 16.8 Å². The summed E-state index contributed by atoms with van der Waals surface area (Å²) in [5.74, 6) is 0.511. The van der Waals surface area contributed by atoms with Gasteiger partial charge in [-0.2, -0.15) is 5.26 Å². The van der Waals surface area contributed by atoms with Crippen LogP contribution in [0.3, 0.4) is 0 Å². The molecule has 2 heterocycles. The van der Waals surface area contributed by atoms with Gasteiger partial charge in [-0.3, -0.25) is 4.79 Å². The van der Waals surface area contributed by atoms with Crippen molar-refractivity contribution in [1.82, 2.24) is 30.3 Å². The molecule has 2 aliphatic rings. The predicted octanol–water partition coefficient (Wildman–Crippen LogP) is 0.842. The second-order valence-electron chi connectivity index (χ2n) is 6.36. The molecule has 0 aliphatic heterocycles. The Morgan fingerprint density at radius 3 is 2.84 bits per heavy atom. The van der Waals surface area contributed by atoms with Gasteiger partial charge in [0.2, 0.25) is 11.7 Å². The monoisotopic (exact) mass is 358 g/mol. The molecule has 1 amide bonds. The van der Waals surface area contributed by atoms with Gasteiger partial charge >= 0.3 is 0 Å². The summed E-state index contributed by atoms with van der Waals surface area (Å²) < 4.78 is 1.64. The number of anilines is 1. The summed E-state index contributed by atoms with van der Waals surface area (Å²) in [5, 5.41) is 23.2. The van der Waals surface area contributed by atoms with E-state index < -0.39 is 5.54 Å². The van der Waals surface area contributed by atoms with Crippen molar-refractivity contribution in [1.29, 1.82) is 5.26 Å². The molecule has 4 rings (SSSR count). The van der Waals surface area contributed by atoms with Crippen LogP contribution in [0.15, 0.2) is 18.6 Å². The van der Waals surface area contributed by atoms with Crippen LogP contribution >= 0.6 is 11.6 Å². The van der Waals surface area contributed by atoms with Crippen LogP contribution in [0.25, 0.3) is 0 Å². The standard InChI is InChI=1S/C15H15ClN8O/c16-11-8-18-12(7-17)22-13(11)20-9-5-10(6-9)21-14(25)15(1-2-15)24-4-3-19-23-24/h3-4,8-10H,1-2,5-6H2,(H,21,25)(H,18,20,22). The molecule has 0 aromatic carbocycles. The number of aromatic nitrogens is 5. The summed E-state index contributed by atoms with van der Waals surface area (Å²) in [4.78, 5) is 20.4. The van der Waals surface area contributed by atoms with E-state index in [-0.39, 0.29) is 23.8 Å². The van der Waals surface area contributed by atoms with Crippen LogP contribution in [0.4, 0.5) is 5.82 Å². The van der Waals surface area contributed by atoms with Crippen molar-refractivity contribution >= 4 is 23.3 Å². The highest BCUT2D eigenvalue weighted by molar-refractivity contribution is 6.32. The SMILES string of the molecule is N#Cc1ncc(Cl)c(NC2CC(NC(=O)C3(n4ccnn4)CC3)C2)n1. The third kappa shape index (κ3) is 2.89. The molecular weight excluding hydrogens is 344 g/mol. The van der Waals surface area contributed by atoms with Gasteiger partial charge in [-0.05, 0) is 25.7 Å². The average Bonchev–Trinajstić information content (AvgIpc) is 3.21. The molecule has 2 aliphatic carbocycles.